The molecule has 2 aromatic carbocycles. The Labute approximate surface area is 282 Å². The lowest BCUT2D eigenvalue weighted by Crippen LogP contribution is -2.22. The van der Waals surface area contributed by atoms with Gasteiger partial charge in [0.05, 0.1) is 34.3 Å². The Balaban J connectivity index is 1.45. The number of benzene rings is 2. The van der Waals surface area contributed by atoms with Crippen LogP contribution >= 0.6 is 0 Å². The Bertz CT molecular complexity index is 2320. The number of aromatic nitrogens is 4. The lowest BCUT2D eigenvalue weighted by atomic mass is 9.90. The maximum atomic E-state index is 12.9. The average molecular weight is 651 g/mol. The summed E-state index contributed by atoms with van der Waals surface area (Å²) < 4.78 is 5.63. The number of aryl methyl sites for hydroxylation is 1. The zero-order valence-electron chi connectivity index (χ0n) is 28.6. The molecule has 7 rings (SSSR count). The molecular weight excluding hydrogens is 609 g/mol. The Kier molecular flexibility index (Phi) is 8.04. The average Bonchev–Trinajstić information content (AvgIpc) is 3.84. The van der Waals surface area contributed by atoms with E-state index < -0.39 is 8.07 Å². The van der Waals surface area contributed by atoms with Gasteiger partial charge in [0, 0.05) is 53.1 Å². The monoisotopic (exact) mass is 650 g/mol. The number of esters is 1. The summed E-state index contributed by atoms with van der Waals surface area (Å²) in [5.74, 6) is -0.285. The maximum Gasteiger partial charge on any atom is 0.338 e. The number of fused-ring (bicyclic) bond motifs is 8. The molecule has 5 aromatic rings. The van der Waals surface area contributed by atoms with Gasteiger partial charge in [-0.15, -0.1) is 0 Å². The Morgan fingerprint density at radius 3 is 2.12 bits per heavy atom. The second kappa shape index (κ2) is 12.2. The summed E-state index contributed by atoms with van der Waals surface area (Å²) in [6.07, 6.45) is 5.11. The number of hydrogen-bond acceptors (Lipinski definition) is 4. The van der Waals surface area contributed by atoms with Crippen LogP contribution < -0.4 is 10.7 Å². The normalized spacial score (nSPS) is 13.9. The first kappa shape index (κ1) is 31.6. The Morgan fingerprint density at radius 1 is 0.812 bits per heavy atom. The molecule has 242 valence electrons. The molecule has 0 unspecified atom stereocenters. The summed E-state index contributed by atoms with van der Waals surface area (Å²) in [7, 11) is -1.30. The van der Waals surface area contributed by atoms with E-state index in [1.165, 1.54) is 5.56 Å². The van der Waals surface area contributed by atoms with E-state index in [4.69, 9.17) is 14.7 Å². The highest BCUT2D eigenvalue weighted by atomic mass is 28.3. The van der Waals surface area contributed by atoms with Crippen molar-refractivity contribution in [1.82, 2.24) is 19.9 Å². The molecular formula is C41H42N4O2Si. The van der Waals surface area contributed by atoms with Gasteiger partial charge in [-0.2, -0.15) is 0 Å². The van der Waals surface area contributed by atoms with E-state index in [0.29, 0.717) is 18.6 Å². The fraction of sp³-hybridized carbons (Fsp3) is 0.244. The first-order valence-electron chi connectivity index (χ1n) is 16.7. The number of nitrogens with one attached hydrogen (secondary N) is 2. The van der Waals surface area contributed by atoms with Crippen LogP contribution in [0, 0.1) is 6.92 Å². The molecule has 2 aliphatic heterocycles. The van der Waals surface area contributed by atoms with Crippen molar-refractivity contribution in [2.75, 3.05) is 6.61 Å². The number of rotatable bonds is 6. The lowest BCUT2D eigenvalue weighted by Gasteiger charge is -2.15. The number of nitrogens with zero attached hydrogens (tertiary/aromatic N) is 2. The van der Waals surface area contributed by atoms with Crippen molar-refractivity contribution in [2.45, 2.75) is 58.3 Å². The van der Waals surface area contributed by atoms with Crippen molar-refractivity contribution in [2.24, 2.45) is 0 Å². The fourth-order valence-electron chi connectivity index (χ4n) is 6.33. The second-order valence-electron chi connectivity index (χ2n) is 14.7. The zero-order chi connectivity index (χ0) is 33.6. The van der Waals surface area contributed by atoms with E-state index >= 15 is 0 Å². The van der Waals surface area contributed by atoms with Gasteiger partial charge in [0.25, 0.3) is 0 Å². The summed E-state index contributed by atoms with van der Waals surface area (Å²) in [6.45, 7) is 13.8. The van der Waals surface area contributed by atoms with Crippen LogP contribution in [0.4, 0.5) is 0 Å². The molecule has 3 aromatic heterocycles. The minimum atomic E-state index is -1.30. The Morgan fingerprint density at radius 2 is 1.44 bits per heavy atom. The second-order valence-corrected chi connectivity index (χ2v) is 20.3. The van der Waals surface area contributed by atoms with Crippen LogP contribution in [0.1, 0.15) is 41.2 Å². The molecule has 2 N–H and O–H groups in total. The maximum absolute atomic E-state index is 12.9. The summed E-state index contributed by atoms with van der Waals surface area (Å²) >= 11 is 0. The summed E-state index contributed by atoms with van der Waals surface area (Å²) in [5.41, 5.74) is 11.6. The number of carbonyl (C=O) groups is 1. The number of aromatic amines is 2. The third kappa shape index (κ3) is 6.56. The smallest absolute Gasteiger partial charge is 0.338 e. The SMILES string of the molecule is Cc1ccc(-c2c3nc(c(-c4ccc(C(=O)OCC[Si](C)(C)C)cc4)c4ccc(cc5nc(cc6ccc2[nH]6)C(C)(C)C=5)[nH]4)=CC3)cc1. The van der Waals surface area contributed by atoms with Gasteiger partial charge < -0.3 is 14.7 Å². The topological polar surface area (TPSA) is 83.7 Å². The van der Waals surface area contributed by atoms with Gasteiger partial charge in [0.1, 0.15) is 0 Å². The number of hydrogen-bond donors (Lipinski definition) is 2. The van der Waals surface area contributed by atoms with E-state index in [1.807, 2.05) is 24.3 Å². The van der Waals surface area contributed by atoms with E-state index in [2.05, 4.69) is 123 Å². The summed E-state index contributed by atoms with van der Waals surface area (Å²) in [6, 6.07) is 30.0. The zero-order valence-corrected chi connectivity index (χ0v) is 29.6. The molecule has 6 nitrogen and oxygen atoms in total. The molecule has 0 atom stereocenters. The van der Waals surface area contributed by atoms with Crippen molar-refractivity contribution >= 4 is 48.3 Å². The van der Waals surface area contributed by atoms with Crippen molar-refractivity contribution in [3.63, 3.8) is 0 Å². The van der Waals surface area contributed by atoms with Gasteiger partial charge in [-0.3, -0.25) is 9.97 Å². The van der Waals surface area contributed by atoms with Crippen LogP contribution in [-0.2, 0) is 16.6 Å². The first-order valence-corrected chi connectivity index (χ1v) is 20.4. The van der Waals surface area contributed by atoms with Gasteiger partial charge in [0.15, 0.2) is 0 Å². The van der Waals surface area contributed by atoms with Crippen LogP contribution in [0.2, 0.25) is 25.7 Å². The molecule has 0 aliphatic carbocycles. The highest BCUT2D eigenvalue weighted by molar-refractivity contribution is 6.76. The van der Waals surface area contributed by atoms with Crippen LogP contribution in [-0.4, -0.2) is 40.6 Å². The van der Waals surface area contributed by atoms with Crippen molar-refractivity contribution in [1.29, 1.82) is 0 Å². The molecule has 48 heavy (non-hydrogen) atoms. The highest BCUT2D eigenvalue weighted by Gasteiger charge is 2.23. The third-order valence-electron chi connectivity index (χ3n) is 9.09. The molecule has 0 radical (unpaired) electrons. The molecule has 0 fully saturated rings. The van der Waals surface area contributed by atoms with E-state index in [-0.39, 0.29) is 11.4 Å². The number of H-pyrrole nitrogens is 2. The van der Waals surface area contributed by atoms with Gasteiger partial charge in [0.2, 0.25) is 0 Å². The van der Waals surface area contributed by atoms with Crippen LogP contribution in [0.5, 0.6) is 0 Å². The minimum absolute atomic E-state index is 0.215. The first-order chi connectivity index (χ1) is 22.9. The lowest BCUT2D eigenvalue weighted by molar-refractivity contribution is 0.0525. The number of carbonyl (C=O) groups excluding carboxylic acids is 1. The van der Waals surface area contributed by atoms with E-state index in [9.17, 15) is 4.79 Å². The molecule has 0 spiro atoms. The van der Waals surface area contributed by atoms with E-state index in [1.54, 1.807) is 0 Å². The number of ether oxygens (including phenoxy) is 1. The molecule has 0 amide bonds. The largest absolute Gasteiger partial charge is 0.462 e. The van der Waals surface area contributed by atoms with Crippen LogP contribution in [0.15, 0.2) is 84.9 Å². The quantitative estimate of drug-likeness (QED) is 0.143. The van der Waals surface area contributed by atoms with Crippen molar-refractivity contribution in [3.05, 3.63) is 118 Å². The van der Waals surface area contributed by atoms with E-state index in [0.717, 1.165) is 72.5 Å². The molecule has 8 bridgehead atoms. The Hall–Kier alpha value is -5.01. The van der Waals surface area contributed by atoms with Gasteiger partial charge in [-0.1, -0.05) is 81.5 Å². The molecule has 0 saturated carbocycles. The predicted molar refractivity (Wildman–Crippen MR) is 200 cm³/mol. The molecule has 0 saturated heterocycles. The standard InChI is InChI=1S/C41H42N4O2Si/c1-26-7-9-27(10-8-26)38-34-18-16-31(43-34)24-37-41(2,3)25-32(44-37)23-30-15-17-33(42-30)39(36-20-19-35(38)45-36)28-11-13-29(14-12-28)40(46)47-21-22-48(4,5)6/h7-18,20,23-25,42-43H,19,21-22H2,1-6H3. The fourth-order valence-corrected chi connectivity index (χ4v) is 7.05. The minimum Gasteiger partial charge on any atom is -0.462 e. The third-order valence-corrected chi connectivity index (χ3v) is 10.8. The molecule has 2 aliphatic rings. The van der Waals surface area contributed by atoms with Crippen LogP contribution in [0.25, 0.3) is 56.5 Å². The molecule has 7 heteroatoms. The van der Waals surface area contributed by atoms with Crippen LogP contribution in [0.3, 0.4) is 0 Å². The van der Waals surface area contributed by atoms with Gasteiger partial charge >= 0.3 is 5.97 Å². The summed E-state index contributed by atoms with van der Waals surface area (Å²) in [4.78, 5) is 30.6. The van der Waals surface area contributed by atoms with Crippen molar-refractivity contribution < 1.29 is 9.53 Å². The van der Waals surface area contributed by atoms with Crippen molar-refractivity contribution in [3.8, 4) is 22.3 Å². The predicted octanol–water partition coefficient (Wildman–Crippen LogP) is 8.23. The highest BCUT2D eigenvalue weighted by Crippen LogP contribution is 2.30. The summed E-state index contributed by atoms with van der Waals surface area (Å²) in [5, 5.41) is 1.81. The van der Waals surface area contributed by atoms with Gasteiger partial charge in [-0.05, 0) is 78.7 Å². The molecule has 5 heterocycles. The van der Waals surface area contributed by atoms with Gasteiger partial charge in [-0.25, -0.2) is 4.79 Å².